The highest BCUT2D eigenvalue weighted by atomic mass is 16.5. The third kappa shape index (κ3) is 6.07. The number of ether oxygens (including phenoxy) is 2. The first kappa shape index (κ1) is 22.3. The summed E-state index contributed by atoms with van der Waals surface area (Å²) in [5, 5.41) is 0. The Labute approximate surface area is 182 Å². The van der Waals surface area contributed by atoms with Gasteiger partial charge in [-0.2, -0.15) is 0 Å². The van der Waals surface area contributed by atoms with Crippen LogP contribution in [-0.2, 0) is 16.1 Å². The number of esters is 1. The van der Waals surface area contributed by atoms with Crippen LogP contribution in [0.3, 0.4) is 0 Å². The van der Waals surface area contributed by atoms with Crippen molar-refractivity contribution in [3.8, 4) is 5.75 Å². The molecule has 0 aliphatic heterocycles. The van der Waals surface area contributed by atoms with Crippen LogP contribution in [0.4, 0.5) is 0 Å². The number of carbonyl (C=O) groups excluding carboxylic acids is 2. The van der Waals surface area contributed by atoms with Crippen LogP contribution >= 0.6 is 0 Å². The molecule has 0 fully saturated rings. The van der Waals surface area contributed by atoms with E-state index in [1.165, 1.54) is 7.11 Å². The van der Waals surface area contributed by atoms with E-state index in [9.17, 15) is 9.59 Å². The fourth-order valence-corrected chi connectivity index (χ4v) is 3.33. The van der Waals surface area contributed by atoms with Crippen LogP contribution in [0.15, 0.2) is 48.8 Å². The maximum Gasteiger partial charge on any atom is 0.307 e. The van der Waals surface area contributed by atoms with Gasteiger partial charge in [0, 0.05) is 31.0 Å². The molecular weight excluding hydrogens is 394 g/mol. The molecule has 31 heavy (non-hydrogen) atoms. The standard InChI is InChI=1S/C24H29N3O4/c1-17(2)13-26(11-10-23(28)30-4)24(29)19-6-5-7-21(12-19)31-16-20-15-27-14-18(3)8-9-22(27)25-20/h5-9,12,14-15,17H,10-11,13,16H2,1-4H3. The summed E-state index contributed by atoms with van der Waals surface area (Å²) in [6, 6.07) is 11.1. The number of pyridine rings is 1. The Bertz CT molecular complexity index is 1060. The number of carbonyl (C=O) groups is 2. The zero-order chi connectivity index (χ0) is 22.4. The summed E-state index contributed by atoms with van der Waals surface area (Å²) in [6.45, 7) is 7.28. The van der Waals surface area contributed by atoms with Gasteiger partial charge >= 0.3 is 5.97 Å². The molecule has 0 N–H and O–H groups in total. The molecule has 0 spiro atoms. The molecule has 7 heteroatoms. The fraction of sp³-hybridized carbons (Fsp3) is 0.375. The molecule has 0 aliphatic rings. The summed E-state index contributed by atoms with van der Waals surface area (Å²) in [4.78, 5) is 30.8. The van der Waals surface area contributed by atoms with Gasteiger partial charge in [-0.1, -0.05) is 26.0 Å². The minimum Gasteiger partial charge on any atom is -0.487 e. The number of fused-ring (bicyclic) bond motifs is 1. The van der Waals surface area contributed by atoms with Crippen molar-refractivity contribution in [3.63, 3.8) is 0 Å². The Morgan fingerprint density at radius 2 is 1.97 bits per heavy atom. The van der Waals surface area contributed by atoms with Crippen molar-refractivity contribution in [1.82, 2.24) is 14.3 Å². The average Bonchev–Trinajstić information content (AvgIpc) is 3.16. The van der Waals surface area contributed by atoms with Gasteiger partial charge in [-0.05, 0) is 42.7 Å². The lowest BCUT2D eigenvalue weighted by molar-refractivity contribution is -0.140. The predicted molar refractivity (Wildman–Crippen MR) is 118 cm³/mol. The van der Waals surface area contributed by atoms with Gasteiger partial charge in [0.25, 0.3) is 5.91 Å². The highest BCUT2D eigenvalue weighted by Crippen LogP contribution is 2.18. The van der Waals surface area contributed by atoms with Crippen molar-refractivity contribution in [2.24, 2.45) is 5.92 Å². The van der Waals surface area contributed by atoms with Crippen LogP contribution in [0.25, 0.3) is 5.65 Å². The first-order valence-corrected chi connectivity index (χ1v) is 10.4. The van der Waals surface area contributed by atoms with Crippen molar-refractivity contribution in [2.45, 2.75) is 33.8 Å². The molecule has 164 valence electrons. The summed E-state index contributed by atoms with van der Waals surface area (Å²) in [5.74, 6) is 0.406. The second kappa shape index (κ2) is 10.1. The molecule has 3 rings (SSSR count). The van der Waals surface area contributed by atoms with Gasteiger partial charge in [0.15, 0.2) is 0 Å². The highest BCUT2D eigenvalue weighted by molar-refractivity contribution is 5.94. The number of benzene rings is 1. The Balaban J connectivity index is 1.69. The van der Waals surface area contributed by atoms with Crippen LogP contribution in [-0.4, -0.2) is 46.4 Å². The SMILES string of the molecule is COC(=O)CCN(CC(C)C)C(=O)c1cccc(OCc2cn3cc(C)ccc3n2)c1. The zero-order valence-corrected chi connectivity index (χ0v) is 18.5. The molecule has 0 saturated heterocycles. The minimum absolute atomic E-state index is 0.133. The number of rotatable bonds is 9. The van der Waals surface area contributed by atoms with Crippen molar-refractivity contribution >= 4 is 17.5 Å². The van der Waals surface area contributed by atoms with Crippen LogP contribution in [0.2, 0.25) is 0 Å². The molecule has 3 aromatic rings. The van der Waals surface area contributed by atoms with E-state index in [2.05, 4.69) is 4.98 Å². The second-order valence-electron chi connectivity index (χ2n) is 7.99. The number of hydrogen-bond donors (Lipinski definition) is 0. The normalized spacial score (nSPS) is 11.0. The molecule has 0 saturated carbocycles. The largest absolute Gasteiger partial charge is 0.487 e. The molecule has 0 aliphatic carbocycles. The van der Waals surface area contributed by atoms with Crippen molar-refractivity contribution in [1.29, 1.82) is 0 Å². The fourth-order valence-electron chi connectivity index (χ4n) is 3.33. The van der Waals surface area contributed by atoms with E-state index < -0.39 is 0 Å². The maximum atomic E-state index is 13.1. The zero-order valence-electron chi connectivity index (χ0n) is 18.5. The number of imidazole rings is 1. The van der Waals surface area contributed by atoms with E-state index in [0.717, 1.165) is 16.9 Å². The van der Waals surface area contributed by atoms with E-state index in [1.807, 2.05) is 55.8 Å². The number of aromatic nitrogens is 2. The molecule has 0 radical (unpaired) electrons. The molecule has 7 nitrogen and oxygen atoms in total. The van der Waals surface area contributed by atoms with Gasteiger partial charge < -0.3 is 18.8 Å². The van der Waals surface area contributed by atoms with E-state index >= 15 is 0 Å². The molecule has 1 amide bonds. The predicted octanol–water partition coefficient (Wildman–Crippen LogP) is 3.88. The van der Waals surface area contributed by atoms with Crippen LogP contribution in [0.1, 0.15) is 41.9 Å². The third-order valence-electron chi connectivity index (χ3n) is 4.80. The van der Waals surface area contributed by atoms with Crippen molar-refractivity contribution < 1.29 is 19.1 Å². The first-order valence-electron chi connectivity index (χ1n) is 10.4. The lowest BCUT2D eigenvalue weighted by atomic mass is 10.1. The maximum absolute atomic E-state index is 13.1. The number of methoxy groups -OCH3 is 1. The lowest BCUT2D eigenvalue weighted by Gasteiger charge is -2.24. The summed E-state index contributed by atoms with van der Waals surface area (Å²) in [5.41, 5.74) is 3.35. The minimum atomic E-state index is -0.332. The topological polar surface area (TPSA) is 73.1 Å². The van der Waals surface area contributed by atoms with Gasteiger partial charge in [-0.3, -0.25) is 9.59 Å². The van der Waals surface area contributed by atoms with Gasteiger partial charge in [-0.15, -0.1) is 0 Å². The Morgan fingerprint density at radius 1 is 1.16 bits per heavy atom. The molecule has 0 atom stereocenters. The summed E-state index contributed by atoms with van der Waals surface area (Å²) in [7, 11) is 1.35. The number of hydrogen-bond acceptors (Lipinski definition) is 5. The Hall–Kier alpha value is -3.35. The summed E-state index contributed by atoms with van der Waals surface area (Å²) in [6.07, 6.45) is 4.12. The van der Waals surface area contributed by atoms with Gasteiger partial charge in [0.1, 0.15) is 18.0 Å². The lowest BCUT2D eigenvalue weighted by Crippen LogP contribution is -2.36. The van der Waals surface area contributed by atoms with Gasteiger partial charge in [0.05, 0.1) is 19.2 Å². The molecule has 1 aromatic carbocycles. The molecule has 2 heterocycles. The monoisotopic (exact) mass is 423 g/mol. The van der Waals surface area contributed by atoms with Gasteiger partial charge in [0.2, 0.25) is 0 Å². The van der Waals surface area contributed by atoms with E-state index in [4.69, 9.17) is 9.47 Å². The quantitative estimate of drug-likeness (QED) is 0.488. The number of nitrogens with zero attached hydrogens (tertiary/aromatic N) is 3. The molecule has 2 aromatic heterocycles. The van der Waals surface area contributed by atoms with E-state index in [1.54, 1.807) is 23.1 Å². The second-order valence-corrected chi connectivity index (χ2v) is 7.99. The molecule has 0 unspecified atom stereocenters. The number of amides is 1. The molecule has 0 bridgehead atoms. The van der Waals surface area contributed by atoms with Crippen LogP contribution < -0.4 is 4.74 Å². The first-order chi connectivity index (χ1) is 14.9. The van der Waals surface area contributed by atoms with Crippen molar-refractivity contribution in [3.05, 3.63) is 65.6 Å². The van der Waals surface area contributed by atoms with Crippen LogP contribution in [0.5, 0.6) is 5.75 Å². The Morgan fingerprint density at radius 3 is 2.71 bits per heavy atom. The summed E-state index contributed by atoms with van der Waals surface area (Å²) < 4.78 is 12.6. The van der Waals surface area contributed by atoms with E-state index in [0.29, 0.717) is 31.0 Å². The highest BCUT2D eigenvalue weighted by Gasteiger charge is 2.19. The Kier molecular flexibility index (Phi) is 7.28. The summed E-state index contributed by atoms with van der Waals surface area (Å²) >= 11 is 0. The smallest absolute Gasteiger partial charge is 0.307 e. The third-order valence-corrected chi connectivity index (χ3v) is 4.80. The van der Waals surface area contributed by atoms with Gasteiger partial charge in [-0.25, -0.2) is 4.98 Å². The van der Waals surface area contributed by atoms with Crippen molar-refractivity contribution in [2.75, 3.05) is 20.2 Å². The average molecular weight is 424 g/mol. The van der Waals surface area contributed by atoms with E-state index in [-0.39, 0.29) is 24.2 Å². The number of aryl methyl sites for hydroxylation is 1. The van der Waals surface area contributed by atoms with Crippen LogP contribution in [0, 0.1) is 12.8 Å². The molecular formula is C24H29N3O4.